The number of fused-ring (bicyclic) bond motifs is 1. The highest BCUT2D eigenvalue weighted by molar-refractivity contribution is 5.86. The molecule has 4 rings (SSSR count). The Morgan fingerprint density at radius 1 is 1.41 bits per heavy atom. The van der Waals surface area contributed by atoms with Crippen molar-refractivity contribution in [2.45, 2.75) is 31.8 Å². The van der Waals surface area contributed by atoms with Gasteiger partial charge in [0.1, 0.15) is 18.4 Å². The van der Waals surface area contributed by atoms with Crippen molar-refractivity contribution in [3.8, 4) is 0 Å². The summed E-state index contributed by atoms with van der Waals surface area (Å²) in [7, 11) is 0. The molecule has 1 aliphatic heterocycles. The average Bonchev–Trinajstić information content (AvgIpc) is 3.38. The predicted octanol–water partition coefficient (Wildman–Crippen LogP) is 0.801. The zero-order valence-electron chi connectivity index (χ0n) is 14.9. The van der Waals surface area contributed by atoms with Gasteiger partial charge < -0.3 is 15.7 Å². The second-order valence-corrected chi connectivity index (χ2v) is 7.42. The number of aromatic carboxylic acids is 1. The highest BCUT2D eigenvalue weighted by atomic mass is 19.1. The van der Waals surface area contributed by atoms with Crippen molar-refractivity contribution >= 4 is 17.3 Å². The Morgan fingerprint density at radius 2 is 2.11 bits per heavy atom. The Bertz CT molecular complexity index is 1000. The monoisotopic (exact) mass is 379 g/mol. The molecule has 2 atom stereocenters. The lowest BCUT2D eigenvalue weighted by molar-refractivity contribution is -0.678. The summed E-state index contributed by atoms with van der Waals surface area (Å²) < 4.78 is 30.9. The summed E-state index contributed by atoms with van der Waals surface area (Å²) in [6.07, 6.45) is 4.09. The van der Waals surface area contributed by atoms with Gasteiger partial charge in [-0.25, -0.2) is 18.5 Å². The topological polar surface area (TPSA) is 91.9 Å². The molecule has 0 bridgehead atoms. The van der Waals surface area contributed by atoms with E-state index in [1.54, 1.807) is 16.4 Å². The molecule has 2 aliphatic rings. The Balaban J connectivity index is 1.96. The number of halogens is 2. The van der Waals surface area contributed by atoms with Crippen LogP contribution in [0.5, 0.6) is 0 Å². The van der Waals surface area contributed by atoms with Crippen LogP contribution in [-0.2, 0) is 0 Å². The minimum absolute atomic E-state index is 0.0788. The molecule has 0 aromatic carbocycles. The normalized spacial score (nSPS) is 22.6. The van der Waals surface area contributed by atoms with Crippen LogP contribution in [-0.4, -0.2) is 41.3 Å². The third kappa shape index (κ3) is 2.77. The van der Waals surface area contributed by atoms with Gasteiger partial charge in [-0.2, -0.15) is 4.40 Å². The third-order valence-corrected chi connectivity index (χ3v) is 5.53. The van der Waals surface area contributed by atoms with Gasteiger partial charge in [0.05, 0.1) is 17.9 Å². The minimum Gasteiger partial charge on any atom is -0.477 e. The zero-order valence-corrected chi connectivity index (χ0v) is 14.9. The molecule has 2 fully saturated rings. The van der Waals surface area contributed by atoms with E-state index in [9.17, 15) is 23.5 Å². The third-order valence-electron chi connectivity index (χ3n) is 5.53. The van der Waals surface area contributed by atoms with E-state index in [-0.39, 0.29) is 12.0 Å². The number of alkyl halides is 1. The van der Waals surface area contributed by atoms with Gasteiger partial charge in [0.25, 0.3) is 5.65 Å². The summed E-state index contributed by atoms with van der Waals surface area (Å²) in [5.74, 6) is -2.37. The maximum Gasteiger partial charge on any atom is 0.357 e. The lowest BCUT2D eigenvalue weighted by atomic mass is 10.1. The van der Waals surface area contributed by atoms with Gasteiger partial charge >= 0.3 is 11.5 Å². The molecular formula is C18H21F2N4O3+. The number of anilines is 1. The number of aryl methyl sites for hydroxylation is 1. The van der Waals surface area contributed by atoms with Crippen molar-refractivity contribution in [2.75, 3.05) is 24.7 Å². The van der Waals surface area contributed by atoms with E-state index in [1.165, 1.54) is 6.20 Å². The summed E-state index contributed by atoms with van der Waals surface area (Å²) in [5, 5.41) is 9.32. The summed E-state index contributed by atoms with van der Waals surface area (Å²) in [4.78, 5) is 25.7. The van der Waals surface area contributed by atoms with Crippen molar-refractivity contribution in [3.05, 3.63) is 39.7 Å². The predicted molar refractivity (Wildman–Crippen MR) is 93.4 cm³/mol. The molecule has 0 radical (unpaired) electrons. The first-order chi connectivity index (χ1) is 12.8. The van der Waals surface area contributed by atoms with Gasteiger partial charge in [-0.15, -0.1) is 0 Å². The van der Waals surface area contributed by atoms with E-state index in [1.807, 2.05) is 0 Å². The highest BCUT2D eigenvalue weighted by Gasteiger charge is 2.38. The second-order valence-electron chi connectivity index (χ2n) is 7.42. The molecule has 144 valence electrons. The fourth-order valence-electron chi connectivity index (χ4n) is 3.97. The molecule has 9 heteroatoms. The molecule has 2 aromatic rings. The second kappa shape index (κ2) is 6.26. The number of nitrogens with two attached hydrogens (primary N) is 1. The molecule has 0 spiro atoms. The SMILES string of the molecule is Cc1c(N2C[C@H](CF)[C@H](N)C2)c(F)cn2c(=O)c(C(=O)O)c[n+](C3CC3)c12. The molecule has 27 heavy (non-hydrogen) atoms. The van der Waals surface area contributed by atoms with Crippen LogP contribution >= 0.6 is 0 Å². The number of pyridine rings is 1. The van der Waals surface area contributed by atoms with E-state index in [0.29, 0.717) is 30.0 Å². The van der Waals surface area contributed by atoms with E-state index in [4.69, 9.17) is 5.73 Å². The fourth-order valence-corrected chi connectivity index (χ4v) is 3.97. The van der Waals surface area contributed by atoms with Gasteiger partial charge in [-0.05, 0) is 19.8 Å². The molecule has 1 aliphatic carbocycles. The van der Waals surface area contributed by atoms with Crippen molar-refractivity contribution in [1.29, 1.82) is 0 Å². The fraction of sp³-hybridized carbons (Fsp3) is 0.500. The van der Waals surface area contributed by atoms with Crippen LogP contribution in [0.4, 0.5) is 14.5 Å². The van der Waals surface area contributed by atoms with Crippen molar-refractivity contribution in [3.63, 3.8) is 0 Å². The lowest BCUT2D eigenvalue weighted by Gasteiger charge is -2.21. The molecule has 0 unspecified atom stereocenters. The summed E-state index contributed by atoms with van der Waals surface area (Å²) in [6, 6.07) is -0.313. The number of carboxylic acid groups (broad SMARTS) is 1. The Morgan fingerprint density at radius 3 is 2.67 bits per heavy atom. The number of aromatic nitrogens is 2. The molecule has 3 heterocycles. The maximum absolute atomic E-state index is 15.0. The number of carbonyl (C=O) groups is 1. The van der Waals surface area contributed by atoms with Crippen molar-refractivity contribution in [1.82, 2.24) is 4.40 Å². The summed E-state index contributed by atoms with van der Waals surface area (Å²) in [6.45, 7) is 1.74. The Labute approximate surface area is 153 Å². The molecule has 0 amide bonds. The first-order valence-corrected chi connectivity index (χ1v) is 8.92. The van der Waals surface area contributed by atoms with Crippen LogP contribution < -0.4 is 20.8 Å². The first-order valence-electron chi connectivity index (χ1n) is 8.92. The number of rotatable bonds is 4. The van der Waals surface area contributed by atoms with Crippen LogP contribution in [0, 0.1) is 18.7 Å². The smallest absolute Gasteiger partial charge is 0.357 e. The van der Waals surface area contributed by atoms with Gasteiger partial charge in [0, 0.05) is 25.0 Å². The number of hydrogen-bond acceptors (Lipinski definition) is 4. The van der Waals surface area contributed by atoms with Crippen LogP contribution in [0.15, 0.2) is 17.2 Å². The standard InChI is InChI=1S/C18H20F2N4O3/c1-9-15(22-5-10(4-19)14(21)8-22)13(20)7-24-16(9)23(11-2-3-11)6-12(17(24)25)18(26)27/h6-7,10-11,14H,2-5,8,21H2,1H3/p+1/t10-,14+/m0/s1. The molecule has 1 saturated carbocycles. The Kier molecular flexibility index (Phi) is 4.14. The first kappa shape index (κ1) is 17.8. The quantitative estimate of drug-likeness (QED) is 0.767. The van der Waals surface area contributed by atoms with Crippen LogP contribution in [0.25, 0.3) is 5.65 Å². The molecule has 2 aromatic heterocycles. The van der Waals surface area contributed by atoms with E-state index >= 15 is 0 Å². The molecular weight excluding hydrogens is 358 g/mol. The number of hydrogen-bond donors (Lipinski definition) is 2. The minimum atomic E-state index is -1.35. The van der Waals surface area contributed by atoms with Gasteiger partial charge in [-0.3, -0.25) is 4.39 Å². The van der Waals surface area contributed by atoms with Crippen LogP contribution in [0.3, 0.4) is 0 Å². The Hall–Kier alpha value is -2.55. The van der Waals surface area contributed by atoms with Crippen molar-refractivity contribution < 1.29 is 23.2 Å². The highest BCUT2D eigenvalue weighted by Crippen LogP contribution is 2.34. The van der Waals surface area contributed by atoms with Crippen LogP contribution in [0.1, 0.15) is 34.8 Å². The summed E-state index contributed by atoms with van der Waals surface area (Å²) >= 11 is 0. The van der Waals surface area contributed by atoms with Gasteiger partial charge in [-0.1, -0.05) is 0 Å². The van der Waals surface area contributed by atoms with E-state index in [2.05, 4.69) is 0 Å². The van der Waals surface area contributed by atoms with Gasteiger partial charge in [0.2, 0.25) is 0 Å². The largest absolute Gasteiger partial charge is 0.477 e. The number of nitrogens with zero attached hydrogens (tertiary/aromatic N) is 3. The van der Waals surface area contributed by atoms with Crippen LogP contribution in [0.2, 0.25) is 0 Å². The van der Waals surface area contributed by atoms with E-state index < -0.39 is 35.6 Å². The van der Waals surface area contributed by atoms with E-state index in [0.717, 1.165) is 23.4 Å². The molecule has 3 N–H and O–H groups in total. The summed E-state index contributed by atoms with van der Waals surface area (Å²) in [5.41, 5.74) is 6.06. The van der Waals surface area contributed by atoms with Gasteiger partial charge in [0.15, 0.2) is 11.4 Å². The van der Waals surface area contributed by atoms with Crippen molar-refractivity contribution in [2.24, 2.45) is 11.7 Å². The number of carboxylic acids is 1. The average molecular weight is 379 g/mol. The molecule has 1 saturated heterocycles. The zero-order chi connectivity index (χ0) is 19.5. The maximum atomic E-state index is 15.0. The lowest BCUT2D eigenvalue weighted by Crippen LogP contribution is -2.42. The molecule has 7 nitrogen and oxygen atoms in total.